The second-order valence-electron chi connectivity index (χ2n) is 4.28. The Labute approximate surface area is 122 Å². The third-order valence-corrected chi connectivity index (χ3v) is 5.28. The average molecular weight is 312 g/mol. The fourth-order valence-corrected chi connectivity index (χ4v) is 3.93. The summed E-state index contributed by atoms with van der Waals surface area (Å²) in [6.45, 7) is 3.64. The summed E-state index contributed by atoms with van der Waals surface area (Å²) < 4.78 is 27.3. The summed E-state index contributed by atoms with van der Waals surface area (Å²) >= 11 is 1.43. The number of hydrogen-bond donors (Lipinski definition) is 2. The first-order valence-electron chi connectivity index (χ1n) is 6.01. The Balaban J connectivity index is 2.27. The molecule has 8 heteroatoms. The van der Waals surface area contributed by atoms with Gasteiger partial charge in [0.1, 0.15) is 5.01 Å². The Morgan fingerprint density at radius 1 is 1.40 bits per heavy atom. The Bertz CT molecular complexity index is 697. The van der Waals surface area contributed by atoms with Crippen LogP contribution in [0.2, 0.25) is 0 Å². The maximum absolute atomic E-state index is 12.4. The van der Waals surface area contributed by atoms with E-state index in [-0.39, 0.29) is 5.03 Å². The van der Waals surface area contributed by atoms with Crippen molar-refractivity contribution in [2.45, 2.75) is 24.9 Å². The van der Waals surface area contributed by atoms with Gasteiger partial charge < -0.3 is 5.32 Å². The molecule has 0 bridgehead atoms. The topological polar surface area (TPSA) is 84.0 Å². The molecular formula is C12H16N4O2S2. The van der Waals surface area contributed by atoms with Crippen LogP contribution in [0.3, 0.4) is 0 Å². The summed E-state index contributed by atoms with van der Waals surface area (Å²) in [5, 5.41) is 5.43. The zero-order chi connectivity index (χ0) is 14.8. The van der Waals surface area contributed by atoms with E-state index in [2.05, 4.69) is 20.0 Å². The maximum atomic E-state index is 12.4. The monoisotopic (exact) mass is 312 g/mol. The maximum Gasteiger partial charge on any atom is 0.260 e. The summed E-state index contributed by atoms with van der Waals surface area (Å²) in [6, 6.07) is 2.95. The van der Waals surface area contributed by atoms with Gasteiger partial charge in [0, 0.05) is 24.3 Å². The van der Waals surface area contributed by atoms with Gasteiger partial charge in [-0.05, 0) is 26.0 Å². The summed E-state index contributed by atoms with van der Waals surface area (Å²) in [6.07, 6.45) is 1.45. The summed E-state index contributed by atoms with van der Waals surface area (Å²) in [5.74, 6) is 0. The smallest absolute Gasteiger partial charge is 0.260 e. The second-order valence-corrected chi connectivity index (χ2v) is 6.80. The Kier molecular flexibility index (Phi) is 4.36. The number of aromatic nitrogens is 2. The molecule has 0 aliphatic rings. The molecule has 6 nitrogen and oxygen atoms in total. The molecule has 0 fully saturated rings. The third-order valence-electron chi connectivity index (χ3n) is 2.63. The van der Waals surface area contributed by atoms with E-state index < -0.39 is 16.1 Å². The number of nitrogens with zero attached hydrogens (tertiary/aromatic N) is 2. The highest BCUT2D eigenvalue weighted by Gasteiger charge is 2.23. The van der Waals surface area contributed by atoms with Crippen LogP contribution in [-0.2, 0) is 10.0 Å². The highest BCUT2D eigenvalue weighted by molar-refractivity contribution is 7.89. The van der Waals surface area contributed by atoms with Crippen LogP contribution in [0.5, 0.6) is 0 Å². The van der Waals surface area contributed by atoms with Crippen LogP contribution in [0, 0.1) is 6.92 Å². The molecule has 0 saturated heterocycles. The van der Waals surface area contributed by atoms with Crippen LogP contribution < -0.4 is 10.0 Å². The van der Waals surface area contributed by atoms with E-state index in [9.17, 15) is 8.42 Å². The second kappa shape index (κ2) is 5.86. The number of pyridine rings is 1. The molecule has 0 aromatic carbocycles. The van der Waals surface area contributed by atoms with Crippen molar-refractivity contribution in [3.05, 3.63) is 34.4 Å². The third kappa shape index (κ3) is 3.14. The van der Waals surface area contributed by atoms with Crippen molar-refractivity contribution >= 4 is 27.0 Å². The van der Waals surface area contributed by atoms with Crippen molar-refractivity contribution in [2.24, 2.45) is 0 Å². The first-order valence-corrected chi connectivity index (χ1v) is 8.37. The molecule has 108 valence electrons. The van der Waals surface area contributed by atoms with Crippen LogP contribution in [-0.4, -0.2) is 25.4 Å². The van der Waals surface area contributed by atoms with Crippen LogP contribution in [0.4, 0.5) is 5.69 Å². The lowest BCUT2D eigenvalue weighted by Gasteiger charge is -2.13. The minimum absolute atomic E-state index is 0.0115. The van der Waals surface area contributed by atoms with Crippen molar-refractivity contribution in [1.29, 1.82) is 0 Å². The fourth-order valence-electron chi connectivity index (χ4n) is 1.71. The molecule has 1 unspecified atom stereocenters. The lowest BCUT2D eigenvalue weighted by Crippen LogP contribution is -2.28. The van der Waals surface area contributed by atoms with Gasteiger partial charge in [0.15, 0.2) is 5.03 Å². The van der Waals surface area contributed by atoms with Crippen molar-refractivity contribution in [1.82, 2.24) is 14.7 Å². The van der Waals surface area contributed by atoms with Gasteiger partial charge in [0.25, 0.3) is 10.0 Å². The zero-order valence-electron chi connectivity index (χ0n) is 11.4. The van der Waals surface area contributed by atoms with Crippen molar-refractivity contribution in [3.63, 3.8) is 0 Å². The number of anilines is 1. The number of hydrogen-bond acceptors (Lipinski definition) is 6. The standard InChI is InChI=1S/C12H16N4O2S2/c1-8-7-19-11(15-8)9(2)16-20(17,18)12-10(13-3)5-4-6-14-12/h4-7,9,13,16H,1-3H3. The molecule has 2 heterocycles. The van der Waals surface area contributed by atoms with Crippen molar-refractivity contribution < 1.29 is 8.42 Å². The lowest BCUT2D eigenvalue weighted by atomic mass is 10.4. The van der Waals surface area contributed by atoms with Gasteiger partial charge in [-0.3, -0.25) is 0 Å². The minimum atomic E-state index is -3.70. The molecule has 0 aliphatic heterocycles. The SMILES string of the molecule is CNc1cccnc1S(=O)(=O)NC(C)c1nc(C)cs1. The van der Waals surface area contributed by atoms with Gasteiger partial charge >= 0.3 is 0 Å². The Hall–Kier alpha value is -1.51. The van der Waals surface area contributed by atoms with E-state index in [0.29, 0.717) is 5.69 Å². The molecule has 2 N–H and O–H groups in total. The number of thiazole rings is 1. The fraction of sp³-hybridized carbons (Fsp3) is 0.333. The van der Waals surface area contributed by atoms with Crippen LogP contribution in [0.15, 0.2) is 28.7 Å². The number of sulfonamides is 1. The van der Waals surface area contributed by atoms with Gasteiger partial charge in [-0.1, -0.05) is 0 Å². The van der Waals surface area contributed by atoms with E-state index in [1.807, 2.05) is 12.3 Å². The largest absolute Gasteiger partial charge is 0.386 e. The summed E-state index contributed by atoms with van der Waals surface area (Å²) in [7, 11) is -2.04. The van der Waals surface area contributed by atoms with Crippen molar-refractivity contribution in [3.8, 4) is 0 Å². The highest BCUT2D eigenvalue weighted by atomic mass is 32.2. The number of rotatable bonds is 5. The molecule has 0 aliphatic carbocycles. The average Bonchev–Trinajstić information content (AvgIpc) is 2.85. The summed E-state index contributed by atoms with van der Waals surface area (Å²) in [4.78, 5) is 8.23. The molecule has 20 heavy (non-hydrogen) atoms. The first-order chi connectivity index (χ1) is 9.44. The minimum Gasteiger partial charge on any atom is -0.386 e. The van der Waals surface area contributed by atoms with Crippen molar-refractivity contribution in [2.75, 3.05) is 12.4 Å². The first kappa shape index (κ1) is 14.9. The normalized spacial score (nSPS) is 13.2. The van der Waals surface area contributed by atoms with E-state index in [1.54, 1.807) is 26.1 Å². The molecule has 0 saturated carbocycles. The summed E-state index contributed by atoms with van der Waals surface area (Å²) in [5.41, 5.74) is 1.34. The van der Waals surface area contributed by atoms with Gasteiger partial charge in [0.2, 0.25) is 0 Å². The quantitative estimate of drug-likeness (QED) is 0.881. The molecule has 0 radical (unpaired) electrons. The molecule has 2 aromatic heterocycles. The molecule has 1 atom stereocenters. The highest BCUT2D eigenvalue weighted by Crippen LogP contribution is 2.22. The van der Waals surface area contributed by atoms with Gasteiger partial charge in [0.05, 0.1) is 11.7 Å². The molecule has 0 amide bonds. The van der Waals surface area contributed by atoms with Crippen LogP contribution in [0.1, 0.15) is 23.7 Å². The van der Waals surface area contributed by atoms with Gasteiger partial charge in [-0.2, -0.15) is 0 Å². The lowest BCUT2D eigenvalue weighted by molar-refractivity contribution is 0.563. The van der Waals surface area contributed by atoms with Gasteiger partial charge in [-0.25, -0.2) is 23.1 Å². The Morgan fingerprint density at radius 3 is 2.75 bits per heavy atom. The zero-order valence-corrected chi connectivity index (χ0v) is 13.0. The predicted molar refractivity (Wildman–Crippen MR) is 79.4 cm³/mol. The van der Waals surface area contributed by atoms with E-state index >= 15 is 0 Å². The number of nitrogens with one attached hydrogen (secondary N) is 2. The van der Waals surface area contributed by atoms with E-state index in [4.69, 9.17) is 0 Å². The molecular weight excluding hydrogens is 296 g/mol. The molecule has 2 aromatic rings. The van der Waals surface area contributed by atoms with Crippen LogP contribution in [0.25, 0.3) is 0 Å². The van der Waals surface area contributed by atoms with E-state index in [1.165, 1.54) is 17.5 Å². The van der Waals surface area contributed by atoms with E-state index in [0.717, 1.165) is 10.7 Å². The number of aryl methyl sites for hydroxylation is 1. The molecule has 2 rings (SSSR count). The van der Waals surface area contributed by atoms with Crippen LogP contribution >= 0.6 is 11.3 Å². The Morgan fingerprint density at radius 2 is 2.15 bits per heavy atom. The van der Waals surface area contributed by atoms with Gasteiger partial charge in [-0.15, -0.1) is 11.3 Å². The molecule has 0 spiro atoms. The predicted octanol–water partition coefficient (Wildman–Crippen LogP) is 1.93.